The molecule has 0 amide bonds. The van der Waals surface area contributed by atoms with E-state index >= 15 is 0 Å². The average molecular weight is 306 g/mol. The summed E-state index contributed by atoms with van der Waals surface area (Å²) in [5.41, 5.74) is 4.58. The molecule has 0 spiro atoms. The molecule has 0 radical (unpaired) electrons. The van der Waals surface area contributed by atoms with Crippen molar-refractivity contribution in [3.05, 3.63) is 77.8 Å². The van der Waals surface area contributed by atoms with Crippen LogP contribution in [0.5, 0.6) is 0 Å². The van der Waals surface area contributed by atoms with Gasteiger partial charge in [-0.25, -0.2) is 4.98 Å². The first-order chi connectivity index (χ1) is 11.1. The summed E-state index contributed by atoms with van der Waals surface area (Å²) in [4.78, 5) is 6.60. The lowest BCUT2D eigenvalue weighted by atomic mass is 10.0. The number of oxazole rings is 1. The molecule has 1 unspecified atom stereocenters. The molecular formula is C20H22N2O. The molecule has 3 heteroatoms. The SMILES string of the molecule is CC(c1ccc(-c2ocnc2Cc2ccccc2)cc1)N(C)C. The van der Waals surface area contributed by atoms with E-state index in [0.29, 0.717) is 6.04 Å². The second-order valence-corrected chi connectivity index (χ2v) is 6.05. The Labute approximate surface area is 137 Å². The summed E-state index contributed by atoms with van der Waals surface area (Å²) in [5, 5.41) is 0. The lowest BCUT2D eigenvalue weighted by Crippen LogP contribution is -2.16. The number of benzene rings is 2. The Morgan fingerprint density at radius 1 is 1.00 bits per heavy atom. The molecule has 3 nitrogen and oxygen atoms in total. The van der Waals surface area contributed by atoms with Gasteiger partial charge in [0.1, 0.15) is 0 Å². The number of nitrogens with zero attached hydrogens (tertiary/aromatic N) is 2. The van der Waals surface area contributed by atoms with E-state index in [9.17, 15) is 0 Å². The molecule has 0 aliphatic rings. The number of aromatic nitrogens is 1. The lowest BCUT2D eigenvalue weighted by Gasteiger charge is -2.20. The largest absolute Gasteiger partial charge is 0.443 e. The molecule has 0 saturated heterocycles. The monoisotopic (exact) mass is 306 g/mol. The first-order valence-corrected chi connectivity index (χ1v) is 7.88. The van der Waals surface area contributed by atoms with Gasteiger partial charge in [0.25, 0.3) is 0 Å². The molecule has 1 aromatic heterocycles. The molecule has 118 valence electrons. The van der Waals surface area contributed by atoms with E-state index < -0.39 is 0 Å². The lowest BCUT2D eigenvalue weighted by molar-refractivity contribution is 0.321. The zero-order chi connectivity index (χ0) is 16.2. The van der Waals surface area contributed by atoms with Crippen LogP contribution in [0.4, 0.5) is 0 Å². The molecule has 0 N–H and O–H groups in total. The average Bonchev–Trinajstić information content (AvgIpc) is 3.03. The van der Waals surface area contributed by atoms with Crippen molar-refractivity contribution in [2.45, 2.75) is 19.4 Å². The Balaban J connectivity index is 1.84. The van der Waals surface area contributed by atoms with E-state index in [1.54, 1.807) is 0 Å². The van der Waals surface area contributed by atoms with Gasteiger partial charge in [0.2, 0.25) is 0 Å². The van der Waals surface area contributed by atoms with Crippen LogP contribution in [0.3, 0.4) is 0 Å². The fourth-order valence-electron chi connectivity index (χ4n) is 2.63. The topological polar surface area (TPSA) is 29.3 Å². The van der Waals surface area contributed by atoms with E-state index in [1.165, 1.54) is 17.5 Å². The highest BCUT2D eigenvalue weighted by atomic mass is 16.3. The van der Waals surface area contributed by atoms with E-state index in [2.05, 4.69) is 67.3 Å². The Morgan fingerprint density at radius 3 is 2.35 bits per heavy atom. The molecule has 0 aliphatic carbocycles. The van der Waals surface area contributed by atoms with Crippen LogP contribution < -0.4 is 0 Å². The first-order valence-electron chi connectivity index (χ1n) is 7.88. The summed E-state index contributed by atoms with van der Waals surface area (Å²) in [5.74, 6) is 0.859. The van der Waals surface area contributed by atoms with Crippen molar-refractivity contribution < 1.29 is 4.42 Å². The highest BCUT2D eigenvalue weighted by Crippen LogP contribution is 2.27. The summed E-state index contributed by atoms with van der Waals surface area (Å²) in [7, 11) is 4.18. The smallest absolute Gasteiger partial charge is 0.181 e. The van der Waals surface area contributed by atoms with Crippen LogP contribution in [0, 0.1) is 0 Å². The molecule has 23 heavy (non-hydrogen) atoms. The van der Waals surface area contributed by atoms with Gasteiger partial charge in [0.15, 0.2) is 12.2 Å². The molecule has 3 rings (SSSR count). The maximum Gasteiger partial charge on any atom is 0.181 e. The van der Waals surface area contributed by atoms with Crippen molar-refractivity contribution >= 4 is 0 Å². The third-order valence-corrected chi connectivity index (χ3v) is 4.29. The van der Waals surface area contributed by atoms with Crippen molar-refractivity contribution in [1.82, 2.24) is 9.88 Å². The van der Waals surface area contributed by atoms with Crippen LogP contribution in [-0.2, 0) is 6.42 Å². The molecule has 0 bridgehead atoms. The van der Waals surface area contributed by atoms with Crippen LogP contribution in [0.2, 0.25) is 0 Å². The molecule has 1 heterocycles. The number of hydrogen-bond acceptors (Lipinski definition) is 3. The number of rotatable bonds is 5. The molecule has 0 fully saturated rings. The van der Waals surface area contributed by atoms with E-state index in [4.69, 9.17) is 4.42 Å². The fraction of sp³-hybridized carbons (Fsp3) is 0.250. The van der Waals surface area contributed by atoms with Crippen LogP contribution in [0.1, 0.15) is 29.8 Å². The van der Waals surface area contributed by atoms with E-state index in [-0.39, 0.29) is 0 Å². The fourth-order valence-corrected chi connectivity index (χ4v) is 2.63. The maximum absolute atomic E-state index is 5.65. The Hall–Kier alpha value is -2.39. The van der Waals surface area contributed by atoms with Gasteiger partial charge in [-0.2, -0.15) is 0 Å². The Bertz CT molecular complexity index is 745. The van der Waals surface area contributed by atoms with Gasteiger partial charge in [0, 0.05) is 18.0 Å². The zero-order valence-corrected chi connectivity index (χ0v) is 13.9. The van der Waals surface area contributed by atoms with Crippen molar-refractivity contribution in [3.8, 4) is 11.3 Å². The zero-order valence-electron chi connectivity index (χ0n) is 13.9. The first kappa shape index (κ1) is 15.5. The second kappa shape index (κ2) is 6.80. The van der Waals surface area contributed by atoms with Crippen LogP contribution in [-0.4, -0.2) is 24.0 Å². The van der Waals surface area contributed by atoms with Gasteiger partial charge < -0.3 is 9.32 Å². The predicted molar refractivity (Wildman–Crippen MR) is 93.3 cm³/mol. The Morgan fingerprint density at radius 2 is 1.70 bits per heavy atom. The van der Waals surface area contributed by atoms with Gasteiger partial charge in [-0.3, -0.25) is 0 Å². The maximum atomic E-state index is 5.65. The van der Waals surface area contributed by atoms with Crippen molar-refractivity contribution in [3.63, 3.8) is 0 Å². The van der Waals surface area contributed by atoms with Crippen molar-refractivity contribution in [2.24, 2.45) is 0 Å². The minimum atomic E-state index is 0.391. The van der Waals surface area contributed by atoms with E-state index in [0.717, 1.165) is 23.4 Å². The summed E-state index contributed by atoms with van der Waals surface area (Å²) < 4.78 is 5.65. The van der Waals surface area contributed by atoms with Gasteiger partial charge >= 0.3 is 0 Å². The summed E-state index contributed by atoms with van der Waals surface area (Å²) in [6.07, 6.45) is 2.31. The molecular weight excluding hydrogens is 284 g/mol. The van der Waals surface area contributed by atoms with Gasteiger partial charge in [0.05, 0.1) is 5.69 Å². The third kappa shape index (κ3) is 3.51. The van der Waals surface area contributed by atoms with E-state index in [1.807, 2.05) is 18.2 Å². The molecule has 0 saturated carbocycles. The summed E-state index contributed by atoms with van der Waals surface area (Å²) in [6.45, 7) is 2.20. The Kier molecular flexibility index (Phi) is 4.58. The summed E-state index contributed by atoms with van der Waals surface area (Å²) in [6, 6.07) is 19.3. The highest BCUT2D eigenvalue weighted by molar-refractivity contribution is 5.60. The van der Waals surface area contributed by atoms with Gasteiger partial charge in [-0.05, 0) is 32.1 Å². The molecule has 1 atom stereocenters. The van der Waals surface area contributed by atoms with Crippen LogP contribution in [0.15, 0.2) is 65.4 Å². The third-order valence-electron chi connectivity index (χ3n) is 4.29. The van der Waals surface area contributed by atoms with Crippen molar-refractivity contribution in [1.29, 1.82) is 0 Å². The second-order valence-electron chi connectivity index (χ2n) is 6.05. The van der Waals surface area contributed by atoms with Crippen LogP contribution >= 0.6 is 0 Å². The molecule has 2 aromatic carbocycles. The quantitative estimate of drug-likeness (QED) is 0.692. The normalized spacial score (nSPS) is 12.5. The summed E-state index contributed by atoms with van der Waals surface area (Å²) >= 11 is 0. The highest BCUT2D eigenvalue weighted by Gasteiger charge is 2.13. The molecule has 0 aliphatic heterocycles. The minimum absolute atomic E-state index is 0.391. The van der Waals surface area contributed by atoms with Crippen LogP contribution in [0.25, 0.3) is 11.3 Å². The van der Waals surface area contributed by atoms with Gasteiger partial charge in [-0.15, -0.1) is 0 Å². The molecule has 3 aromatic rings. The van der Waals surface area contributed by atoms with Gasteiger partial charge in [-0.1, -0.05) is 54.6 Å². The van der Waals surface area contributed by atoms with Crippen molar-refractivity contribution in [2.75, 3.05) is 14.1 Å². The standard InChI is InChI=1S/C20H22N2O/c1-15(22(2)3)17-9-11-18(12-10-17)20-19(21-14-23-20)13-16-7-5-4-6-8-16/h4-12,14-15H,13H2,1-3H3. The number of hydrogen-bond donors (Lipinski definition) is 0. The predicted octanol–water partition coefficient (Wildman–Crippen LogP) is 4.56. The minimum Gasteiger partial charge on any atom is -0.443 e.